The molecule has 0 fully saturated rings. The molecule has 2 aromatic carbocycles. The Hall–Kier alpha value is -2.39. The fourth-order valence-electron chi connectivity index (χ4n) is 2.60. The Morgan fingerprint density at radius 2 is 1.68 bits per heavy atom. The number of hydrogen-bond acceptors (Lipinski definition) is 2. The van der Waals surface area contributed by atoms with Gasteiger partial charge >= 0.3 is 0 Å². The second-order valence-electron chi connectivity index (χ2n) is 5.62. The number of hydrogen-bond donors (Lipinski definition) is 1. The van der Waals surface area contributed by atoms with Crippen molar-refractivity contribution in [2.75, 3.05) is 0 Å². The third-order valence-electron chi connectivity index (χ3n) is 3.94. The molecule has 1 N–H and O–H groups in total. The zero-order valence-corrected chi connectivity index (χ0v) is 12.9. The predicted molar refractivity (Wildman–Crippen MR) is 87.7 cm³/mol. The molecule has 0 aliphatic rings. The van der Waals surface area contributed by atoms with Crippen LogP contribution in [0.25, 0.3) is 0 Å². The van der Waals surface area contributed by atoms with E-state index in [0.717, 1.165) is 17.1 Å². The van der Waals surface area contributed by atoms with Crippen LogP contribution >= 0.6 is 0 Å². The first kappa shape index (κ1) is 14.5. The van der Waals surface area contributed by atoms with Gasteiger partial charge in [0.1, 0.15) is 11.9 Å². The van der Waals surface area contributed by atoms with Crippen LogP contribution in [0.1, 0.15) is 34.3 Å². The molecule has 0 saturated carbocycles. The third-order valence-corrected chi connectivity index (χ3v) is 3.94. The van der Waals surface area contributed by atoms with E-state index in [1.54, 1.807) is 6.20 Å². The minimum atomic E-state index is -0.662. The van der Waals surface area contributed by atoms with E-state index in [4.69, 9.17) is 0 Å². The zero-order valence-electron chi connectivity index (χ0n) is 12.9. The number of aromatic nitrogens is 2. The average Bonchev–Trinajstić information content (AvgIpc) is 2.89. The van der Waals surface area contributed by atoms with Gasteiger partial charge in [-0.05, 0) is 25.0 Å². The Morgan fingerprint density at radius 3 is 2.36 bits per heavy atom. The average molecular weight is 292 g/mol. The van der Waals surface area contributed by atoms with Gasteiger partial charge in [0, 0.05) is 6.54 Å². The van der Waals surface area contributed by atoms with Crippen LogP contribution in [0, 0.1) is 13.8 Å². The van der Waals surface area contributed by atoms with Crippen molar-refractivity contribution in [3.05, 3.63) is 89.0 Å². The highest BCUT2D eigenvalue weighted by Crippen LogP contribution is 2.24. The van der Waals surface area contributed by atoms with Crippen molar-refractivity contribution in [2.45, 2.75) is 26.5 Å². The van der Waals surface area contributed by atoms with Crippen molar-refractivity contribution in [3.63, 3.8) is 0 Å². The van der Waals surface area contributed by atoms with E-state index in [-0.39, 0.29) is 0 Å². The van der Waals surface area contributed by atoms with Crippen molar-refractivity contribution >= 4 is 0 Å². The molecule has 22 heavy (non-hydrogen) atoms. The lowest BCUT2D eigenvalue weighted by molar-refractivity contribution is 0.210. The monoisotopic (exact) mass is 292 g/mol. The summed E-state index contributed by atoms with van der Waals surface area (Å²) in [6, 6.07) is 18.2. The Labute approximate surface area is 130 Å². The van der Waals surface area contributed by atoms with Crippen LogP contribution in [0.4, 0.5) is 0 Å². The van der Waals surface area contributed by atoms with Crippen LogP contribution in [0.3, 0.4) is 0 Å². The number of rotatable bonds is 4. The van der Waals surface area contributed by atoms with Gasteiger partial charge in [-0.2, -0.15) is 0 Å². The molecular formula is C19H20N2O. The predicted octanol–water partition coefficient (Wildman–Crippen LogP) is 3.63. The lowest BCUT2D eigenvalue weighted by Gasteiger charge is -2.16. The van der Waals surface area contributed by atoms with E-state index in [1.165, 1.54) is 11.1 Å². The normalized spacial score (nSPS) is 12.3. The molecule has 0 bridgehead atoms. The molecule has 0 aliphatic heterocycles. The molecule has 0 spiro atoms. The summed E-state index contributed by atoms with van der Waals surface area (Å²) in [6.07, 6.45) is 1.11. The first-order valence-corrected chi connectivity index (χ1v) is 7.46. The molecule has 3 heteroatoms. The van der Waals surface area contributed by atoms with Gasteiger partial charge in [0.25, 0.3) is 0 Å². The number of aryl methyl sites for hydroxylation is 2. The topological polar surface area (TPSA) is 38.1 Å². The molecule has 1 heterocycles. The number of imidazole rings is 1. The van der Waals surface area contributed by atoms with Gasteiger partial charge in [-0.25, -0.2) is 4.98 Å². The molecule has 0 amide bonds. The van der Waals surface area contributed by atoms with Crippen LogP contribution in [-0.2, 0) is 6.54 Å². The minimum Gasteiger partial charge on any atom is -0.382 e. The van der Waals surface area contributed by atoms with E-state index < -0.39 is 6.10 Å². The summed E-state index contributed by atoms with van der Waals surface area (Å²) < 4.78 is 2.07. The standard InChI is InChI=1S/C19H20N2O/c1-14-8-10-17(11-9-14)19(22)18-12-20-15(2)21(18)13-16-6-4-3-5-7-16/h3-12,19,22H,13H2,1-2H3/t19-/m1/s1. The highest BCUT2D eigenvalue weighted by Gasteiger charge is 2.17. The van der Waals surface area contributed by atoms with Gasteiger partial charge < -0.3 is 9.67 Å². The molecule has 3 rings (SSSR count). The highest BCUT2D eigenvalue weighted by atomic mass is 16.3. The van der Waals surface area contributed by atoms with Crippen molar-refractivity contribution in [1.29, 1.82) is 0 Å². The fraction of sp³-hybridized carbons (Fsp3) is 0.211. The lowest BCUT2D eigenvalue weighted by atomic mass is 10.1. The Kier molecular flexibility index (Phi) is 4.07. The summed E-state index contributed by atoms with van der Waals surface area (Å²) in [5.41, 5.74) is 4.09. The summed E-state index contributed by atoms with van der Waals surface area (Å²) in [4.78, 5) is 4.38. The largest absolute Gasteiger partial charge is 0.382 e. The first-order valence-electron chi connectivity index (χ1n) is 7.46. The van der Waals surface area contributed by atoms with Gasteiger partial charge in [0.2, 0.25) is 0 Å². The van der Waals surface area contributed by atoms with Crippen molar-refractivity contribution in [2.24, 2.45) is 0 Å². The summed E-state index contributed by atoms with van der Waals surface area (Å²) in [7, 11) is 0. The number of benzene rings is 2. The van der Waals surface area contributed by atoms with Crippen LogP contribution in [0.15, 0.2) is 60.8 Å². The summed E-state index contributed by atoms with van der Waals surface area (Å²) in [6.45, 7) is 4.72. The molecule has 0 radical (unpaired) electrons. The maximum Gasteiger partial charge on any atom is 0.121 e. The Morgan fingerprint density at radius 1 is 1.00 bits per heavy atom. The van der Waals surface area contributed by atoms with Gasteiger partial charge in [0.05, 0.1) is 11.9 Å². The zero-order chi connectivity index (χ0) is 15.5. The van der Waals surface area contributed by atoms with Crippen LogP contribution < -0.4 is 0 Å². The fourth-order valence-corrected chi connectivity index (χ4v) is 2.60. The molecule has 112 valence electrons. The van der Waals surface area contributed by atoms with Crippen LogP contribution in [0.5, 0.6) is 0 Å². The summed E-state index contributed by atoms with van der Waals surface area (Å²) in [5.74, 6) is 0.907. The Balaban J connectivity index is 1.93. The van der Waals surface area contributed by atoms with Gasteiger partial charge in [-0.3, -0.25) is 0 Å². The van der Waals surface area contributed by atoms with Gasteiger partial charge in [-0.1, -0.05) is 60.2 Å². The molecule has 0 unspecified atom stereocenters. The van der Waals surface area contributed by atoms with Crippen LogP contribution in [0.2, 0.25) is 0 Å². The maximum absolute atomic E-state index is 10.7. The second kappa shape index (κ2) is 6.16. The molecule has 1 atom stereocenters. The minimum absolute atomic E-state index is 0.662. The van der Waals surface area contributed by atoms with Crippen molar-refractivity contribution < 1.29 is 5.11 Å². The van der Waals surface area contributed by atoms with E-state index in [9.17, 15) is 5.11 Å². The summed E-state index contributed by atoms with van der Waals surface area (Å²) >= 11 is 0. The maximum atomic E-state index is 10.7. The van der Waals surface area contributed by atoms with Gasteiger partial charge in [0.15, 0.2) is 0 Å². The smallest absolute Gasteiger partial charge is 0.121 e. The quantitative estimate of drug-likeness (QED) is 0.797. The van der Waals surface area contributed by atoms with Gasteiger partial charge in [-0.15, -0.1) is 0 Å². The molecule has 0 aliphatic carbocycles. The number of aliphatic hydroxyl groups is 1. The molecule has 0 saturated heterocycles. The van der Waals surface area contributed by atoms with Crippen molar-refractivity contribution in [3.8, 4) is 0 Å². The third kappa shape index (κ3) is 2.95. The SMILES string of the molecule is Cc1ccc([C@@H](O)c2cnc(C)n2Cc2ccccc2)cc1. The number of aliphatic hydroxyl groups excluding tert-OH is 1. The van der Waals surface area contributed by atoms with Crippen molar-refractivity contribution in [1.82, 2.24) is 9.55 Å². The van der Waals surface area contributed by atoms with E-state index in [1.807, 2.05) is 56.3 Å². The Bertz CT molecular complexity index is 745. The molecule has 3 aromatic rings. The summed E-state index contributed by atoms with van der Waals surface area (Å²) in [5, 5.41) is 10.7. The van der Waals surface area contributed by atoms with E-state index in [0.29, 0.717) is 6.54 Å². The number of nitrogens with zero attached hydrogens (tertiary/aromatic N) is 2. The highest BCUT2D eigenvalue weighted by molar-refractivity contribution is 5.29. The molecule has 3 nitrogen and oxygen atoms in total. The molecule has 1 aromatic heterocycles. The molecular weight excluding hydrogens is 272 g/mol. The van der Waals surface area contributed by atoms with E-state index >= 15 is 0 Å². The van der Waals surface area contributed by atoms with E-state index in [2.05, 4.69) is 21.7 Å². The first-order chi connectivity index (χ1) is 10.6. The van der Waals surface area contributed by atoms with Crippen LogP contribution in [-0.4, -0.2) is 14.7 Å². The second-order valence-corrected chi connectivity index (χ2v) is 5.62. The lowest BCUT2D eigenvalue weighted by Crippen LogP contribution is -2.11.